The van der Waals surface area contributed by atoms with Crippen LogP contribution in [0.5, 0.6) is 11.6 Å². The Bertz CT molecular complexity index is 660. The van der Waals surface area contributed by atoms with Crippen LogP contribution in [0, 0.1) is 0 Å². The fraction of sp³-hybridized carbons (Fsp3) is 0.0769. The van der Waals surface area contributed by atoms with E-state index < -0.39 is 0 Å². The maximum atomic E-state index is 5.68. The lowest BCUT2D eigenvalue weighted by molar-refractivity contribution is 0.463. The van der Waals surface area contributed by atoms with E-state index in [4.69, 9.17) is 4.74 Å². The monoisotopic (exact) mass is 240 g/mol. The van der Waals surface area contributed by atoms with Crippen LogP contribution in [0.3, 0.4) is 0 Å². The number of aromatic nitrogens is 3. The van der Waals surface area contributed by atoms with Crippen LogP contribution in [0.25, 0.3) is 5.65 Å². The highest BCUT2D eigenvalue weighted by atomic mass is 16.5. The second kappa shape index (κ2) is 4.37. The summed E-state index contributed by atoms with van der Waals surface area (Å²) in [4.78, 5) is 4.34. The van der Waals surface area contributed by atoms with Crippen molar-refractivity contribution in [2.75, 3.05) is 12.4 Å². The lowest BCUT2D eigenvalue weighted by Crippen LogP contribution is -1.93. The summed E-state index contributed by atoms with van der Waals surface area (Å²) in [5.41, 5.74) is 1.81. The molecule has 0 radical (unpaired) electrons. The molecule has 2 heterocycles. The van der Waals surface area contributed by atoms with Crippen molar-refractivity contribution in [3.63, 3.8) is 0 Å². The van der Waals surface area contributed by atoms with Crippen LogP contribution in [0.1, 0.15) is 0 Å². The van der Waals surface area contributed by atoms with Crippen molar-refractivity contribution in [2.45, 2.75) is 0 Å². The summed E-state index contributed by atoms with van der Waals surface area (Å²) in [6.07, 6.45) is 3.52. The molecular weight excluding hydrogens is 228 g/mol. The largest absolute Gasteiger partial charge is 0.439 e. The molecular formula is C13H12N4O. The van der Waals surface area contributed by atoms with Gasteiger partial charge < -0.3 is 10.1 Å². The van der Waals surface area contributed by atoms with Crippen molar-refractivity contribution in [1.82, 2.24) is 14.6 Å². The van der Waals surface area contributed by atoms with Gasteiger partial charge in [0.1, 0.15) is 5.75 Å². The number of nitrogens with one attached hydrogen (secondary N) is 1. The number of rotatable bonds is 3. The third-order valence-corrected chi connectivity index (χ3v) is 2.60. The van der Waals surface area contributed by atoms with Crippen LogP contribution in [0.4, 0.5) is 5.69 Å². The topological polar surface area (TPSA) is 51.5 Å². The van der Waals surface area contributed by atoms with E-state index in [1.165, 1.54) is 0 Å². The molecule has 18 heavy (non-hydrogen) atoms. The van der Waals surface area contributed by atoms with Crippen LogP contribution in [-0.4, -0.2) is 21.6 Å². The molecule has 0 saturated heterocycles. The van der Waals surface area contributed by atoms with E-state index in [1.54, 1.807) is 16.8 Å². The van der Waals surface area contributed by atoms with Gasteiger partial charge in [0.25, 0.3) is 0 Å². The molecule has 0 unspecified atom stereocenters. The van der Waals surface area contributed by atoms with Crippen LogP contribution < -0.4 is 10.1 Å². The van der Waals surface area contributed by atoms with Gasteiger partial charge in [0.15, 0.2) is 5.65 Å². The Morgan fingerprint density at radius 1 is 1.11 bits per heavy atom. The zero-order valence-corrected chi connectivity index (χ0v) is 9.87. The fourth-order valence-electron chi connectivity index (χ4n) is 1.66. The van der Waals surface area contributed by atoms with E-state index in [0.717, 1.165) is 17.1 Å². The molecule has 3 rings (SSSR count). The molecule has 0 saturated carbocycles. The molecule has 0 fully saturated rings. The van der Waals surface area contributed by atoms with E-state index in [-0.39, 0.29) is 0 Å². The number of hydrogen-bond donors (Lipinski definition) is 1. The first-order chi connectivity index (χ1) is 8.85. The average molecular weight is 240 g/mol. The molecule has 0 aliphatic rings. The Morgan fingerprint density at radius 3 is 2.72 bits per heavy atom. The van der Waals surface area contributed by atoms with Crippen LogP contribution in [0.15, 0.2) is 48.8 Å². The highest BCUT2D eigenvalue weighted by Crippen LogP contribution is 2.21. The third kappa shape index (κ3) is 1.98. The van der Waals surface area contributed by atoms with E-state index in [2.05, 4.69) is 15.4 Å². The minimum absolute atomic E-state index is 0.556. The highest BCUT2D eigenvalue weighted by Gasteiger charge is 2.01. The highest BCUT2D eigenvalue weighted by molar-refractivity contribution is 5.46. The number of hydrogen-bond acceptors (Lipinski definition) is 4. The SMILES string of the molecule is CNc1ccc(Oc2ccn3nccc3n2)cc1. The summed E-state index contributed by atoms with van der Waals surface area (Å²) in [6.45, 7) is 0. The van der Waals surface area contributed by atoms with E-state index >= 15 is 0 Å². The lowest BCUT2D eigenvalue weighted by atomic mass is 10.3. The van der Waals surface area contributed by atoms with Gasteiger partial charge in [-0.25, -0.2) is 4.52 Å². The minimum Gasteiger partial charge on any atom is -0.439 e. The molecule has 1 N–H and O–H groups in total. The molecule has 0 aliphatic heterocycles. The summed E-state index contributed by atoms with van der Waals surface area (Å²) in [5.74, 6) is 1.31. The van der Waals surface area contributed by atoms with Gasteiger partial charge in [-0.15, -0.1) is 0 Å². The van der Waals surface area contributed by atoms with Crippen LogP contribution in [-0.2, 0) is 0 Å². The van der Waals surface area contributed by atoms with E-state index in [0.29, 0.717) is 5.88 Å². The second-order valence-corrected chi connectivity index (χ2v) is 3.78. The van der Waals surface area contributed by atoms with Crippen molar-refractivity contribution in [3.05, 3.63) is 48.8 Å². The molecule has 0 aliphatic carbocycles. The zero-order chi connectivity index (χ0) is 12.4. The Labute approximate surface area is 104 Å². The predicted octanol–water partition coefficient (Wildman–Crippen LogP) is 2.56. The second-order valence-electron chi connectivity index (χ2n) is 3.78. The number of ether oxygens (including phenoxy) is 1. The van der Waals surface area contributed by atoms with Crippen molar-refractivity contribution in [1.29, 1.82) is 0 Å². The standard InChI is InChI=1S/C13H12N4O/c1-14-10-2-4-11(5-3-10)18-13-7-9-17-12(16-13)6-8-15-17/h2-9,14H,1H3. The molecule has 3 aromatic rings. The van der Waals surface area contributed by atoms with Crippen molar-refractivity contribution >= 4 is 11.3 Å². The Hall–Kier alpha value is -2.56. The summed E-state index contributed by atoms with van der Waals surface area (Å²) in [7, 11) is 1.88. The third-order valence-electron chi connectivity index (χ3n) is 2.60. The van der Waals surface area contributed by atoms with Gasteiger partial charge in [-0.05, 0) is 24.3 Å². The summed E-state index contributed by atoms with van der Waals surface area (Å²) in [6, 6.07) is 11.3. The Balaban J connectivity index is 1.85. The number of nitrogens with zero attached hydrogens (tertiary/aromatic N) is 3. The van der Waals surface area contributed by atoms with Gasteiger partial charge in [-0.3, -0.25) is 0 Å². The van der Waals surface area contributed by atoms with Gasteiger partial charge in [0, 0.05) is 31.1 Å². The summed E-state index contributed by atoms with van der Waals surface area (Å²) in [5, 5.41) is 7.14. The van der Waals surface area contributed by atoms with Gasteiger partial charge in [0.2, 0.25) is 5.88 Å². The maximum Gasteiger partial charge on any atom is 0.222 e. The molecule has 0 atom stereocenters. The van der Waals surface area contributed by atoms with Crippen LogP contribution >= 0.6 is 0 Å². The number of fused-ring (bicyclic) bond motifs is 1. The van der Waals surface area contributed by atoms with E-state index in [1.807, 2.05) is 43.6 Å². The lowest BCUT2D eigenvalue weighted by Gasteiger charge is -2.06. The first kappa shape index (κ1) is 10.6. The van der Waals surface area contributed by atoms with Gasteiger partial charge >= 0.3 is 0 Å². The van der Waals surface area contributed by atoms with Crippen molar-refractivity contribution in [3.8, 4) is 11.6 Å². The van der Waals surface area contributed by atoms with Crippen molar-refractivity contribution < 1.29 is 4.74 Å². The fourth-order valence-corrected chi connectivity index (χ4v) is 1.66. The number of benzene rings is 1. The van der Waals surface area contributed by atoms with E-state index in [9.17, 15) is 0 Å². The minimum atomic E-state index is 0.556. The molecule has 90 valence electrons. The summed E-state index contributed by atoms with van der Waals surface area (Å²) < 4.78 is 7.37. The molecule has 0 bridgehead atoms. The molecule has 1 aromatic carbocycles. The van der Waals surface area contributed by atoms with Gasteiger partial charge in [-0.1, -0.05) is 0 Å². The molecule has 5 nitrogen and oxygen atoms in total. The average Bonchev–Trinajstić information content (AvgIpc) is 2.87. The summed E-state index contributed by atoms with van der Waals surface area (Å²) >= 11 is 0. The number of anilines is 1. The Morgan fingerprint density at radius 2 is 1.94 bits per heavy atom. The molecule has 5 heteroatoms. The van der Waals surface area contributed by atoms with Crippen molar-refractivity contribution in [2.24, 2.45) is 0 Å². The first-order valence-electron chi connectivity index (χ1n) is 5.61. The Kier molecular flexibility index (Phi) is 2.57. The van der Waals surface area contributed by atoms with Crippen LogP contribution in [0.2, 0.25) is 0 Å². The molecule has 0 spiro atoms. The normalized spacial score (nSPS) is 10.5. The predicted molar refractivity (Wildman–Crippen MR) is 69.0 cm³/mol. The first-order valence-corrected chi connectivity index (χ1v) is 5.61. The maximum absolute atomic E-state index is 5.68. The van der Waals surface area contributed by atoms with Gasteiger partial charge in [0.05, 0.1) is 6.20 Å². The zero-order valence-electron chi connectivity index (χ0n) is 9.87. The molecule has 2 aromatic heterocycles. The van der Waals surface area contributed by atoms with Gasteiger partial charge in [-0.2, -0.15) is 10.1 Å². The molecule has 0 amide bonds. The smallest absolute Gasteiger partial charge is 0.222 e. The quantitative estimate of drug-likeness (QED) is 0.764.